The van der Waals surface area contributed by atoms with E-state index >= 15 is 0 Å². The van der Waals surface area contributed by atoms with Gasteiger partial charge in [0.25, 0.3) is 5.91 Å². The Balaban J connectivity index is 1.82. The van der Waals surface area contributed by atoms with Crippen LogP contribution >= 0.6 is 0 Å². The minimum atomic E-state index is -4.52. The number of carbonyl (C=O) groups is 1. The van der Waals surface area contributed by atoms with Gasteiger partial charge in [-0.1, -0.05) is 12.1 Å². The summed E-state index contributed by atoms with van der Waals surface area (Å²) in [4.78, 5) is 16.3. The van der Waals surface area contributed by atoms with E-state index in [9.17, 15) is 23.1 Å². The highest BCUT2D eigenvalue weighted by Crippen LogP contribution is 2.35. The van der Waals surface area contributed by atoms with Crippen LogP contribution in [-0.2, 0) is 6.18 Å². The molecule has 1 aliphatic carbocycles. The standard InChI is InChI=1S/C19H19F3N2O2/c20-19(21,22)16-5-2-10-23-17(16)12-3-1-4-13(11-12)18(26)24-14-6-8-15(25)9-7-14/h1-5,10-11,14-15,25H,6-9H2,(H,24,26). The largest absolute Gasteiger partial charge is 0.418 e. The molecule has 0 spiro atoms. The number of halogens is 3. The van der Waals surface area contributed by atoms with E-state index in [-0.39, 0.29) is 34.9 Å². The van der Waals surface area contributed by atoms with Crippen LogP contribution in [0.25, 0.3) is 11.3 Å². The second-order valence-corrected chi connectivity index (χ2v) is 6.46. The van der Waals surface area contributed by atoms with E-state index < -0.39 is 11.7 Å². The Morgan fingerprint density at radius 1 is 1.12 bits per heavy atom. The van der Waals surface area contributed by atoms with Gasteiger partial charge < -0.3 is 10.4 Å². The number of pyridine rings is 1. The maximum atomic E-state index is 13.2. The molecule has 1 fully saturated rings. The first-order valence-corrected chi connectivity index (χ1v) is 8.46. The molecule has 0 saturated heterocycles. The first kappa shape index (κ1) is 18.4. The summed E-state index contributed by atoms with van der Waals surface area (Å²) in [5, 5.41) is 12.4. The predicted molar refractivity (Wildman–Crippen MR) is 90.4 cm³/mol. The summed E-state index contributed by atoms with van der Waals surface area (Å²) in [5.74, 6) is -0.335. The van der Waals surface area contributed by atoms with Crippen LogP contribution in [0.2, 0.25) is 0 Å². The molecule has 0 radical (unpaired) electrons. The molecule has 0 atom stereocenters. The SMILES string of the molecule is O=C(NC1CCC(O)CC1)c1cccc(-c2ncccc2C(F)(F)F)c1. The molecule has 2 aromatic rings. The number of aliphatic hydroxyl groups excluding tert-OH is 1. The number of amides is 1. The van der Waals surface area contributed by atoms with E-state index in [4.69, 9.17) is 0 Å². The molecule has 1 heterocycles. The minimum Gasteiger partial charge on any atom is -0.393 e. The molecule has 0 bridgehead atoms. The third-order valence-electron chi connectivity index (χ3n) is 4.54. The summed E-state index contributed by atoms with van der Waals surface area (Å²) in [6.45, 7) is 0. The van der Waals surface area contributed by atoms with Crippen LogP contribution in [0, 0.1) is 0 Å². The molecule has 1 aliphatic rings. The van der Waals surface area contributed by atoms with Crippen molar-refractivity contribution in [2.45, 2.75) is 44.0 Å². The van der Waals surface area contributed by atoms with Crippen LogP contribution in [0.1, 0.15) is 41.6 Å². The molecule has 2 N–H and O–H groups in total. The monoisotopic (exact) mass is 364 g/mol. The second-order valence-electron chi connectivity index (χ2n) is 6.46. The van der Waals surface area contributed by atoms with Gasteiger partial charge in [0.05, 0.1) is 17.4 Å². The Morgan fingerprint density at radius 2 is 1.85 bits per heavy atom. The number of aromatic nitrogens is 1. The molecule has 4 nitrogen and oxygen atoms in total. The molecule has 1 amide bonds. The van der Waals surface area contributed by atoms with Crippen LogP contribution in [0.3, 0.4) is 0 Å². The lowest BCUT2D eigenvalue weighted by Crippen LogP contribution is -2.38. The summed E-state index contributed by atoms with van der Waals surface area (Å²) < 4.78 is 39.6. The number of rotatable bonds is 3. The van der Waals surface area contributed by atoms with Gasteiger partial charge >= 0.3 is 6.18 Å². The molecule has 1 aromatic carbocycles. The lowest BCUT2D eigenvalue weighted by Gasteiger charge is -2.26. The van der Waals surface area contributed by atoms with Crippen molar-refractivity contribution >= 4 is 5.91 Å². The Kier molecular flexibility index (Phi) is 5.27. The number of aliphatic hydroxyl groups is 1. The number of carbonyl (C=O) groups excluding carboxylic acids is 1. The average molecular weight is 364 g/mol. The van der Waals surface area contributed by atoms with E-state index in [0.29, 0.717) is 25.7 Å². The fourth-order valence-corrected chi connectivity index (χ4v) is 3.16. The zero-order valence-corrected chi connectivity index (χ0v) is 14.0. The highest BCUT2D eigenvalue weighted by atomic mass is 19.4. The van der Waals surface area contributed by atoms with Gasteiger partial charge in [0.2, 0.25) is 0 Å². The van der Waals surface area contributed by atoms with Gasteiger partial charge in [0, 0.05) is 23.4 Å². The van der Waals surface area contributed by atoms with Crippen molar-refractivity contribution in [1.82, 2.24) is 10.3 Å². The van der Waals surface area contributed by atoms with E-state index in [1.807, 2.05) is 0 Å². The van der Waals surface area contributed by atoms with Crippen LogP contribution in [0.5, 0.6) is 0 Å². The smallest absolute Gasteiger partial charge is 0.393 e. The number of nitrogens with one attached hydrogen (secondary N) is 1. The summed E-state index contributed by atoms with van der Waals surface area (Å²) >= 11 is 0. The van der Waals surface area contributed by atoms with Crippen molar-refractivity contribution in [2.75, 3.05) is 0 Å². The van der Waals surface area contributed by atoms with Gasteiger partial charge in [0.1, 0.15) is 0 Å². The van der Waals surface area contributed by atoms with E-state index in [1.54, 1.807) is 12.1 Å². The molecule has 7 heteroatoms. The molecule has 1 saturated carbocycles. The maximum Gasteiger partial charge on any atom is 0.418 e. The molecular formula is C19H19F3N2O2. The van der Waals surface area contributed by atoms with Gasteiger partial charge in [-0.3, -0.25) is 9.78 Å². The molecule has 0 unspecified atom stereocenters. The number of hydrogen-bond donors (Lipinski definition) is 2. The topological polar surface area (TPSA) is 62.2 Å². The lowest BCUT2D eigenvalue weighted by molar-refractivity contribution is -0.137. The van der Waals surface area contributed by atoms with Crippen molar-refractivity contribution in [3.63, 3.8) is 0 Å². The van der Waals surface area contributed by atoms with Crippen LogP contribution < -0.4 is 5.32 Å². The second kappa shape index (κ2) is 7.45. The third-order valence-corrected chi connectivity index (χ3v) is 4.54. The lowest BCUT2D eigenvalue weighted by atomic mass is 9.93. The van der Waals surface area contributed by atoms with E-state index in [1.165, 1.54) is 24.4 Å². The minimum absolute atomic E-state index is 0.0323. The Labute approximate surface area is 149 Å². The Bertz CT molecular complexity index is 784. The zero-order chi connectivity index (χ0) is 18.7. The number of nitrogens with zero attached hydrogens (tertiary/aromatic N) is 1. The third kappa shape index (κ3) is 4.22. The normalized spacial score (nSPS) is 20.6. The molecule has 0 aliphatic heterocycles. The fraction of sp³-hybridized carbons (Fsp3) is 0.368. The van der Waals surface area contributed by atoms with Gasteiger partial charge in [-0.25, -0.2) is 0 Å². The van der Waals surface area contributed by atoms with Gasteiger partial charge in [-0.05, 0) is 49.9 Å². The number of benzene rings is 1. The van der Waals surface area contributed by atoms with Gasteiger partial charge in [-0.2, -0.15) is 13.2 Å². The van der Waals surface area contributed by atoms with Gasteiger partial charge in [0.15, 0.2) is 0 Å². The van der Waals surface area contributed by atoms with Gasteiger partial charge in [-0.15, -0.1) is 0 Å². The quantitative estimate of drug-likeness (QED) is 0.871. The molecule has 1 aromatic heterocycles. The first-order valence-electron chi connectivity index (χ1n) is 8.46. The first-order chi connectivity index (χ1) is 12.3. The van der Waals surface area contributed by atoms with Crippen LogP contribution in [0.4, 0.5) is 13.2 Å². The zero-order valence-electron chi connectivity index (χ0n) is 14.0. The van der Waals surface area contributed by atoms with Crippen molar-refractivity contribution < 1.29 is 23.1 Å². The average Bonchev–Trinajstić information content (AvgIpc) is 2.63. The number of hydrogen-bond acceptors (Lipinski definition) is 3. The van der Waals surface area contributed by atoms with Crippen molar-refractivity contribution in [2.24, 2.45) is 0 Å². The number of alkyl halides is 3. The van der Waals surface area contributed by atoms with Crippen LogP contribution in [-0.4, -0.2) is 28.1 Å². The maximum absolute atomic E-state index is 13.2. The summed E-state index contributed by atoms with van der Waals surface area (Å²) in [7, 11) is 0. The highest BCUT2D eigenvalue weighted by molar-refractivity contribution is 5.95. The van der Waals surface area contributed by atoms with E-state index in [2.05, 4.69) is 10.3 Å². The summed E-state index contributed by atoms with van der Waals surface area (Å²) in [5.41, 5.74) is -0.508. The summed E-state index contributed by atoms with van der Waals surface area (Å²) in [6.07, 6.45) is -0.913. The molecule has 3 rings (SSSR count). The Hall–Kier alpha value is -2.41. The predicted octanol–water partition coefficient (Wildman–Crippen LogP) is 3.80. The van der Waals surface area contributed by atoms with E-state index in [0.717, 1.165) is 6.07 Å². The van der Waals surface area contributed by atoms with Crippen molar-refractivity contribution in [3.05, 3.63) is 53.7 Å². The molecule has 26 heavy (non-hydrogen) atoms. The summed E-state index contributed by atoms with van der Waals surface area (Å²) in [6, 6.07) is 8.21. The Morgan fingerprint density at radius 3 is 2.54 bits per heavy atom. The molecule has 138 valence electrons. The molecular weight excluding hydrogens is 345 g/mol. The fourth-order valence-electron chi connectivity index (χ4n) is 3.16. The van der Waals surface area contributed by atoms with Crippen molar-refractivity contribution in [1.29, 1.82) is 0 Å². The van der Waals surface area contributed by atoms with Crippen molar-refractivity contribution in [3.8, 4) is 11.3 Å². The van der Waals surface area contributed by atoms with Crippen LogP contribution in [0.15, 0.2) is 42.6 Å². The highest BCUT2D eigenvalue weighted by Gasteiger charge is 2.34.